The van der Waals surface area contributed by atoms with Crippen molar-refractivity contribution in [1.82, 2.24) is 24.6 Å². The third-order valence-corrected chi connectivity index (χ3v) is 5.37. The molecule has 2 unspecified atom stereocenters. The molecular weight excluding hydrogens is 314 g/mol. The van der Waals surface area contributed by atoms with Crippen molar-refractivity contribution >= 4 is 5.91 Å². The van der Waals surface area contributed by atoms with Crippen LogP contribution in [0, 0.1) is 0 Å². The van der Waals surface area contributed by atoms with Crippen molar-refractivity contribution in [2.24, 2.45) is 0 Å². The fraction of sp³-hybridized carbons (Fsp3) is 0.526. The van der Waals surface area contributed by atoms with Crippen LogP contribution >= 0.6 is 0 Å². The monoisotopic (exact) mass is 339 g/mol. The highest BCUT2D eigenvalue weighted by Gasteiger charge is 2.35. The lowest BCUT2D eigenvalue weighted by atomic mass is 10.0. The number of carbonyl (C=O) groups excluding carboxylic acids is 1. The third kappa shape index (κ3) is 3.44. The van der Waals surface area contributed by atoms with Gasteiger partial charge in [0.2, 0.25) is 5.91 Å². The van der Waals surface area contributed by atoms with Crippen LogP contribution < -0.4 is 0 Å². The van der Waals surface area contributed by atoms with Crippen molar-refractivity contribution < 1.29 is 4.79 Å². The van der Waals surface area contributed by atoms with Gasteiger partial charge in [0, 0.05) is 13.1 Å². The van der Waals surface area contributed by atoms with Crippen molar-refractivity contribution in [3.63, 3.8) is 0 Å². The van der Waals surface area contributed by atoms with E-state index < -0.39 is 0 Å². The zero-order chi connectivity index (χ0) is 17.1. The van der Waals surface area contributed by atoms with E-state index in [1.807, 2.05) is 27.8 Å². The van der Waals surface area contributed by atoms with Gasteiger partial charge in [0.15, 0.2) is 0 Å². The summed E-state index contributed by atoms with van der Waals surface area (Å²) in [4.78, 5) is 21.9. The van der Waals surface area contributed by atoms with Crippen LogP contribution in [-0.4, -0.2) is 56.7 Å². The maximum Gasteiger partial charge on any atom is 0.244 e. The van der Waals surface area contributed by atoms with E-state index >= 15 is 0 Å². The number of piperidine rings is 1. The molecule has 1 amide bonds. The molecule has 2 aliphatic heterocycles. The van der Waals surface area contributed by atoms with Gasteiger partial charge in [0.25, 0.3) is 0 Å². The number of benzene rings is 1. The smallest absolute Gasteiger partial charge is 0.244 e. The van der Waals surface area contributed by atoms with Gasteiger partial charge in [-0.1, -0.05) is 30.3 Å². The molecule has 0 radical (unpaired) electrons. The van der Waals surface area contributed by atoms with Gasteiger partial charge in [-0.25, -0.2) is 9.67 Å². The lowest BCUT2D eigenvalue weighted by Crippen LogP contribution is -2.46. The summed E-state index contributed by atoms with van der Waals surface area (Å²) in [7, 11) is 0. The van der Waals surface area contributed by atoms with E-state index in [1.165, 1.54) is 12.8 Å². The Morgan fingerprint density at radius 1 is 1.08 bits per heavy atom. The Balaban J connectivity index is 1.55. The number of hydrogen-bond donors (Lipinski definition) is 0. The molecule has 132 valence electrons. The zero-order valence-electron chi connectivity index (χ0n) is 14.5. The number of hydrogen-bond acceptors (Lipinski definition) is 4. The molecular formula is C19H25N5O. The van der Waals surface area contributed by atoms with Gasteiger partial charge in [-0.15, -0.1) is 0 Å². The fourth-order valence-electron chi connectivity index (χ4n) is 4.09. The first-order valence-corrected chi connectivity index (χ1v) is 9.25. The van der Waals surface area contributed by atoms with Crippen molar-refractivity contribution in [3.8, 4) is 0 Å². The summed E-state index contributed by atoms with van der Waals surface area (Å²) in [5.74, 6) is 0.234. The predicted molar refractivity (Wildman–Crippen MR) is 94.9 cm³/mol. The zero-order valence-corrected chi connectivity index (χ0v) is 14.5. The maximum absolute atomic E-state index is 13.4. The van der Waals surface area contributed by atoms with Gasteiger partial charge in [0.1, 0.15) is 18.7 Å². The second-order valence-corrected chi connectivity index (χ2v) is 7.01. The van der Waals surface area contributed by atoms with Gasteiger partial charge in [-0.3, -0.25) is 9.69 Å². The summed E-state index contributed by atoms with van der Waals surface area (Å²) < 4.78 is 1.90. The largest absolute Gasteiger partial charge is 0.339 e. The molecule has 0 aliphatic carbocycles. The molecule has 0 spiro atoms. The van der Waals surface area contributed by atoms with Crippen molar-refractivity contribution in [2.45, 2.75) is 37.8 Å². The number of aromatic nitrogens is 3. The van der Waals surface area contributed by atoms with Crippen LogP contribution in [0.25, 0.3) is 0 Å². The van der Waals surface area contributed by atoms with Crippen molar-refractivity contribution in [1.29, 1.82) is 0 Å². The molecule has 2 fully saturated rings. The Kier molecular flexibility index (Phi) is 4.78. The van der Waals surface area contributed by atoms with Gasteiger partial charge in [0.05, 0.1) is 6.04 Å². The summed E-state index contributed by atoms with van der Waals surface area (Å²) in [5.41, 5.74) is 1.11. The van der Waals surface area contributed by atoms with Crippen LogP contribution in [-0.2, 0) is 4.79 Å². The highest BCUT2D eigenvalue weighted by molar-refractivity contribution is 5.83. The number of rotatable bonds is 4. The van der Waals surface area contributed by atoms with Crippen LogP contribution in [0.3, 0.4) is 0 Å². The van der Waals surface area contributed by atoms with Crippen molar-refractivity contribution in [2.75, 3.05) is 26.2 Å². The maximum atomic E-state index is 13.4. The van der Waals surface area contributed by atoms with Gasteiger partial charge < -0.3 is 4.90 Å². The quantitative estimate of drug-likeness (QED) is 0.857. The fourth-order valence-corrected chi connectivity index (χ4v) is 4.09. The molecule has 4 rings (SSSR count). The summed E-state index contributed by atoms with van der Waals surface area (Å²) in [6.07, 6.45) is 7.74. The molecule has 2 atom stereocenters. The minimum absolute atomic E-state index is 0.154. The first-order chi connectivity index (χ1) is 12.3. The van der Waals surface area contributed by atoms with E-state index in [9.17, 15) is 4.79 Å². The molecule has 0 N–H and O–H groups in total. The molecule has 1 aromatic carbocycles. The van der Waals surface area contributed by atoms with Crippen LogP contribution in [0.2, 0.25) is 0 Å². The normalized spacial score (nSPS) is 22.9. The number of carbonyl (C=O) groups is 1. The summed E-state index contributed by atoms with van der Waals surface area (Å²) in [6, 6.07) is 10.3. The second kappa shape index (κ2) is 7.35. The number of likely N-dealkylation sites (tertiary alicyclic amines) is 2. The van der Waals surface area contributed by atoms with Gasteiger partial charge in [-0.05, 0) is 44.3 Å². The Bertz CT molecular complexity index is 681. The Hall–Kier alpha value is -2.21. The summed E-state index contributed by atoms with van der Waals surface area (Å²) in [5, 5.41) is 4.27. The highest BCUT2D eigenvalue weighted by Crippen LogP contribution is 2.29. The first kappa shape index (κ1) is 16.3. The van der Waals surface area contributed by atoms with Crippen LogP contribution in [0.4, 0.5) is 0 Å². The summed E-state index contributed by atoms with van der Waals surface area (Å²) in [6.45, 7) is 3.57. The van der Waals surface area contributed by atoms with E-state index in [1.54, 1.807) is 12.7 Å². The van der Waals surface area contributed by atoms with E-state index in [-0.39, 0.29) is 18.0 Å². The Morgan fingerprint density at radius 2 is 1.88 bits per heavy atom. The van der Waals surface area contributed by atoms with Gasteiger partial charge >= 0.3 is 0 Å². The predicted octanol–water partition coefficient (Wildman–Crippen LogP) is 2.28. The molecule has 2 saturated heterocycles. The first-order valence-electron chi connectivity index (χ1n) is 9.25. The van der Waals surface area contributed by atoms with E-state index in [2.05, 4.69) is 27.1 Å². The average Bonchev–Trinajstić information content (AvgIpc) is 3.37. The lowest BCUT2D eigenvalue weighted by Gasteiger charge is -2.37. The molecule has 6 nitrogen and oxygen atoms in total. The van der Waals surface area contributed by atoms with Crippen LogP contribution in [0.15, 0.2) is 43.0 Å². The highest BCUT2D eigenvalue weighted by atomic mass is 16.2. The standard InChI is InChI=1S/C19H25N5O/c25-19(23-12-6-9-17(13-23)24-15-20-14-21-24)18(22-10-4-5-11-22)16-7-2-1-3-8-16/h1-3,7-8,14-15,17-18H,4-6,9-13H2. The number of nitrogens with zero attached hydrogens (tertiary/aromatic N) is 5. The number of amides is 1. The Morgan fingerprint density at radius 3 is 2.60 bits per heavy atom. The molecule has 2 aliphatic rings. The van der Waals surface area contributed by atoms with Crippen molar-refractivity contribution in [3.05, 3.63) is 48.5 Å². The topological polar surface area (TPSA) is 54.3 Å². The third-order valence-electron chi connectivity index (χ3n) is 5.37. The second-order valence-electron chi connectivity index (χ2n) is 7.01. The van der Waals surface area contributed by atoms with Crippen LogP contribution in [0.5, 0.6) is 0 Å². The molecule has 0 saturated carbocycles. The lowest BCUT2D eigenvalue weighted by molar-refractivity contribution is -0.138. The minimum atomic E-state index is -0.154. The van der Waals surface area contributed by atoms with Gasteiger partial charge in [-0.2, -0.15) is 5.10 Å². The van der Waals surface area contributed by atoms with E-state index in [4.69, 9.17) is 0 Å². The molecule has 6 heteroatoms. The summed E-state index contributed by atoms with van der Waals surface area (Å²) >= 11 is 0. The molecule has 25 heavy (non-hydrogen) atoms. The average molecular weight is 339 g/mol. The van der Waals surface area contributed by atoms with E-state index in [0.29, 0.717) is 0 Å². The van der Waals surface area contributed by atoms with Crippen LogP contribution in [0.1, 0.15) is 43.3 Å². The Labute approximate surface area is 148 Å². The molecule has 0 bridgehead atoms. The molecule has 3 heterocycles. The SMILES string of the molecule is O=C(C(c1ccccc1)N1CCCC1)N1CCCC(n2cncn2)C1. The molecule has 1 aromatic heterocycles. The van der Waals surface area contributed by atoms with E-state index in [0.717, 1.165) is 44.6 Å². The molecule has 2 aromatic rings. The minimum Gasteiger partial charge on any atom is -0.339 e.